The molecule has 0 aromatic heterocycles. The molecule has 90 valence electrons. The van der Waals surface area contributed by atoms with Crippen molar-refractivity contribution < 1.29 is 9.13 Å². The van der Waals surface area contributed by atoms with Crippen LogP contribution >= 0.6 is 0 Å². The molecule has 0 aliphatic heterocycles. The van der Waals surface area contributed by atoms with Gasteiger partial charge in [-0.1, -0.05) is 6.07 Å². The quantitative estimate of drug-likeness (QED) is 0.803. The molecule has 0 aliphatic carbocycles. The molecule has 0 radical (unpaired) electrons. The highest BCUT2D eigenvalue weighted by atomic mass is 19.1. The van der Waals surface area contributed by atoms with E-state index < -0.39 is 0 Å². The SMILES string of the molecule is CCN(CCOC)c1ccc(CN)c(F)c1. The van der Waals surface area contributed by atoms with E-state index in [0.717, 1.165) is 18.8 Å². The summed E-state index contributed by atoms with van der Waals surface area (Å²) in [6.07, 6.45) is 0. The third-order valence-corrected chi connectivity index (χ3v) is 2.57. The molecule has 0 unspecified atom stereocenters. The van der Waals surface area contributed by atoms with Crippen LogP contribution in [0.2, 0.25) is 0 Å². The molecule has 0 heterocycles. The molecule has 2 N–H and O–H groups in total. The fourth-order valence-electron chi connectivity index (χ4n) is 1.57. The largest absolute Gasteiger partial charge is 0.383 e. The predicted octanol–water partition coefficient (Wildman–Crippen LogP) is 1.76. The van der Waals surface area contributed by atoms with Crippen LogP contribution in [0, 0.1) is 5.82 Å². The third kappa shape index (κ3) is 3.18. The molecule has 0 fully saturated rings. The topological polar surface area (TPSA) is 38.5 Å². The Morgan fingerprint density at radius 3 is 2.69 bits per heavy atom. The van der Waals surface area contributed by atoms with Gasteiger partial charge in [-0.2, -0.15) is 0 Å². The van der Waals surface area contributed by atoms with Gasteiger partial charge in [-0.3, -0.25) is 0 Å². The van der Waals surface area contributed by atoms with Crippen LogP contribution in [0.1, 0.15) is 12.5 Å². The van der Waals surface area contributed by atoms with E-state index in [0.29, 0.717) is 12.2 Å². The van der Waals surface area contributed by atoms with Crippen LogP contribution in [0.3, 0.4) is 0 Å². The summed E-state index contributed by atoms with van der Waals surface area (Å²) in [5.41, 5.74) is 6.83. The van der Waals surface area contributed by atoms with Crippen molar-refractivity contribution in [1.82, 2.24) is 0 Å². The third-order valence-electron chi connectivity index (χ3n) is 2.57. The summed E-state index contributed by atoms with van der Waals surface area (Å²) in [4.78, 5) is 2.06. The fourth-order valence-corrected chi connectivity index (χ4v) is 1.57. The molecule has 0 atom stereocenters. The van der Waals surface area contributed by atoms with E-state index in [4.69, 9.17) is 10.5 Å². The molecule has 0 amide bonds. The molecule has 0 aliphatic rings. The Bertz CT molecular complexity index is 331. The Labute approximate surface area is 96.0 Å². The number of halogens is 1. The van der Waals surface area contributed by atoms with E-state index in [2.05, 4.69) is 4.90 Å². The average molecular weight is 226 g/mol. The van der Waals surface area contributed by atoms with Crippen molar-refractivity contribution in [2.24, 2.45) is 5.73 Å². The summed E-state index contributed by atoms with van der Waals surface area (Å²) in [5.74, 6) is -0.240. The summed E-state index contributed by atoms with van der Waals surface area (Å²) in [5, 5.41) is 0. The first-order valence-electron chi connectivity index (χ1n) is 5.45. The van der Waals surface area contributed by atoms with Crippen LogP contribution in [-0.4, -0.2) is 26.8 Å². The first-order valence-corrected chi connectivity index (χ1v) is 5.45. The van der Waals surface area contributed by atoms with E-state index in [1.165, 1.54) is 6.07 Å². The van der Waals surface area contributed by atoms with Crippen molar-refractivity contribution in [3.8, 4) is 0 Å². The summed E-state index contributed by atoms with van der Waals surface area (Å²) < 4.78 is 18.5. The monoisotopic (exact) mass is 226 g/mol. The fraction of sp³-hybridized carbons (Fsp3) is 0.500. The minimum absolute atomic E-state index is 0.232. The highest BCUT2D eigenvalue weighted by Gasteiger charge is 2.07. The number of likely N-dealkylation sites (N-methyl/N-ethyl adjacent to an activating group) is 1. The summed E-state index contributed by atoms with van der Waals surface area (Å²) in [6.45, 7) is 4.48. The second-order valence-electron chi connectivity index (χ2n) is 3.55. The molecule has 16 heavy (non-hydrogen) atoms. The van der Waals surface area contributed by atoms with Crippen molar-refractivity contribution in [3.05, 3.63) is 29.6 Å². The van der Waals surface area contributed by atoms with Gasteiger partial charge in [-0.15, -0.1) is 0 Å². The minimum Gasteiger partial charge on any atom is -0.383 e. The molecule has 0 bridgehead atoms. The number of nitrogens with zero attached hydrogens (tertiary/aromatic N) is 1. The van der Waals surface area contributed by atoms with Crippen LogP contribution in [-0.2, 0) is 11.3 Å². The Kier molecular flexibility index (Phi) is 5.22. The maximum Gasteiger partial charge on any atom is 0.129 e. The number of anilines is 1. The first kappa shape index (κ1) is 12.9. The van der Waals surface area contributed by atoms with Crippen molar-refractivity contribution in [2.75, 3.05) is 31.7 Å². The summed E-state index contributed by atoms with van der Waals surface area (Å²) >= 11 is 0. The lowest BCUT2D eigenvalue weighted by Gasteiger charge is -2.23. The lowest BCUT2D eigenvalue weighted by molar-refractivity contribution is 0.205. The number of ether oxygens (including phenoxy) is 1. The van der Waals surface area contributed by atoms with Gasteiger partial charge in [-0.05, 0) is 19.1 Å². The highest BCUT2D eigenvalue weighted by Crippen LogP contribution is 2.18. The van der Waals surface area contributed by atoms with Crippen molar-refractivity contribution in [2.45, 2.75) is 13.5 Å². The van der Waals surface area contributed by atoms with Crippen molar-refractivity contribution in [1.29, 1.82) is 0 Å². The number of rotatable bonds is 6. The normalized spacial score (nSPS) is 10.5. The number of methoxy groups -OCH3 is 1. The van der Waals surface area contributed by atoms with E-state index in [9.17, 15) is 4.39 Å². The van der Waals surface area contributed by atoms with Gasteiger partial charge in [0, 0.05) is 38.0 Å². The van der Waals surface area contributed by atoms with E-state index in [1.54, 1.807) is 13.2 Å². The van der Waals surface area contributed by atoms with Crippen LogP contribution < -0.4 is 10.6 Å². The van der Waals surface area contributed by atoms with Crippen LogP contribution in [0.5, 0.6) is 0 Å². The molecule has 1 rings (SSSR count). The Balaban J connectivity index is 2.80. The zero-order valence-electron chi connectivity index (χ0n) is 9.87. The van der Waals surface area contributed by atoms with Crippen LogP contribution in [0.25, 0.3) is 0 Å². The van der Waals surface area contributed by atoms with E-state index >= 15 is 0 Å². The number of benzene rings is 1. The maximum absolute atomic E-state index is 13.5. The molecular formula is C12H19FN2O. The standard InChI is InChI=1S/C12H19FN2O/c1-3-15(6-7-16-2)11-5-4-10(9-14)12(13)8-11/h4-5,8H,3,6-7,9,14H2,1-2H3. The highest BCUT2D eigenvalue weighted by molar-refractivity contribution is 5.48. The predicted molar refractivity (Wildman–Crippen MR) is 64.1 cm³/mol. The Morgan fingerprint density at radius 1 is 1.44 bits per heavy atom. The first-order chi connectivity index (χ1) is 7.72. The molecule has 0 spiro atoms. The Morgan fingerprint density at radius 2 is 2.19 bits per heavy atom. The number of hydrogen-bond donors (Lipinski definition) is 1. The van der Waals surface area contributed by atoms with Gasteiger partial charge in [0.25, 0.3) is 0 Å². The molecule has 0 saturated carbocycles. The van der Waals surface area contributed by atoms with Gasteiger partial charge in [0.05, 0.1) is 6.61 Å². The van der Waals surface area contributed by atoms with Gasteiger partial charge in [-0.25, -0.2) is 4.39 Å². The molecule has 1 aromatic rings. The van der Waals surface area contributed by atoms with E-state index in [1.807, 2.05) is 13.0 Å². The minimum atomic E-state index is -0.240. The van der Waals surface area contributed by atoms with Gasteiger partial charge < -0.3 is 15.4 Å². The van der Waals surface area contributed by atoms with Gasteiger partial charge >= 0.3 is 0 Å². The van der Waals surface area contributed by atoms with Crippen LogP contribution in [0.15, 0.2) is 18.2 Å². The van der Waals surface area contributed by atoms with Gasteiger partial charge in [0.1, 0.15) is 5.82 Å². The molecule has 3 nitrogen and oxygen atoms in total. The average Bonchev–Trinajstić information content (AvgIpc) is 2.30. The number of hydrogen-bond acceptors (Lipinski definition) is 3. The molecule has 0 saturated heterocycles. The van der Waals surface area contributed by atoms with Gasteiger partial charge in [0.2, 0.25) is 0 Å². The lowest BCUT2D eigenvalue weighted by Crippen LogP contribution is -2.26. The summed E-state index contributed by atoms with van der Waals surface area (Å²) in [7, 11) is 1.66. The Hall–Kier alpha value is -1.13. The van der Waals surface area contributed by atoms with Crippen LogP contribution in [0.4, 0.5) is 10.1 Å². The molecule has 4 heteroatoms. The van der Waals surface area contributed by atoms with Gasteiger partial charge in [0.15, 0.2) is 0 Å². The second kappa shape index (κ2) is 6.45. The lowest BCUT2D eigenvalue weighted by atomic mass is 10.2. The smallest absolute Gasteiger partial charge is 0.129 e. The molecule has 1 aromatic carbocycles. The molecular weight excluding hydrogens is 207 g/mol. The van der Waals surface area contributed by atoms with Crippen molar-refractivity contribution in [3.63, 3.8) is 0 Å². The summed E-state index contributed by atoms with van der Waals surface area (Å²) in [6, 6.07) is 5.16. The second-order valence-corrected chi connectivity index (χ2v) is 3.55. The van der Waals surface area contributed by atoms with E-state index in [-0.39, 0.29) is 12.4 Å². The maximum atomic E-state index is 13.5. The zero-order chi connectivity index (χ0) is 12.0. The van der Waals surface area contributed by atoms with Crippen molar-refractivity contribution >= 4 is 5.69 Å². The zero-order valence-corrected chi connectivity index (χ0v) is 9.87. The number of nitrogens with two attached hydrogens (primary N) is 1.